The van der Waals surface area contributed by atoms with E-state index in [4.69, 9.17) is 13.6 Å². The lowest BCUT2D eigenvalue weighted by Gasteiger charge is -2.21. The van der Waals surface area contributed by atoms with Crippen LogP contribution < -0.4 is 5.32 Å². The first kappa shape index (κ1) is 16.3. The number of hydrogen-bond donors (Lipinski definition) is 1. The van der Waals surface area contributed by atoms with E-state index in [1.807, 2.05) is 36.1 Å². The highest BCUT2D eigenvalue weighted by Crippen LogP contribution is 2.10. The van der Waals surface area contributed by atoms with E-state index in [9.17, 15) is 4.79 Å². The third kappa shape index (κ3) is 5.38. The van der Waals surface area contributed by atoms with Gasteiger partial charge >= 0.3 is 0 Å². The largest absolute Gasteiger partial charge is 0.468 e. The maximum absolute atomic E-state index is 12.1. The number of nitrogens with one attached hydrogen (secondary N) is 1. The van der Waals surface area contributed by atoms with Crippen LogP contribution in [0.1, 0.15) is 18.4 Å². The molecular weight excluding hydrogens is 284 g/mol. The summed E-state index contributed by atoms with van der Waals surface area (Å²) in [5.74, 6) is 1.57. The Bertz CT molecular complexity index is 500. The molecule has 0 spiro atoms. The van der Waals surface area contributed by atoms with E-state index in [2.05, 4.69) is 5.32 Å². The van der Waals surface area contributed by atoms with Crippen LogP contribution in [-0.4, -0.2) is 37.1 Å². The van der Waals surface area contributed by atoms with Crippen LogP contribution >= 0.6 is 0 Å². The lowest BCUT2D eigenvalue weighted by atomic mass is 10.3. The SMILES string of the molecule is COCC(C)NC(=O)CN(Cc1ccco1)Cc1ccco1. The number of methoxy groups -OCH3 is 1. The summed E-state index contributed by atoms with van der Waals surface area (Å²) in [6, 6.07) is 7.43. The zero-order valence-corrected chi connectivity index (χ0v) is 13.0. The van der Waals surface area contributed by atoms with Gasteiger partial charge in [0.25, 0.3) is 0 Å². The van der Waals surface area contributed by atoms with Gasteiger partial charge in [0, 0.05) is 13.2 Å². The van der Waals surface area contributed by atoms with Gasteiger partial charge in [-0.25, -0.2) is 0 Å². The fourth-order valence-corrected chi connectivity index (χ4v) is 2.23. The average molecular weight is 306 g/mol. The number of nitrogens with zero attached hydrogens (tertiary/aromatic N) is 1. The normalized spacial score (nSPS) is 12.5. The van der Waals surface area contributed by atoms with Crippen LogP contribution in [0.25, 0.3) is 0 Å². The molecule has 1 atom stereocenters. The predicted octanol–water partition coefficient (Wildman–Crippen LogP) is 2.03. The molecule has 6 nitrogen and oxygen atoms in total. The molecule has 0 radical (unpaired) electrons. The van der Waals surface area contributed by atoms with E-state index in [1.165, 1.54) is 0 Å². The van der Waals surface area contributed by atoms with Gasteiger partial charge in [0.2, 0.25) is 5.91 Å². The third-order valence-electron chi connectivity index (χ3n) is 3.11. The molecular formula is C16H22N2O4. The first-order valence-electron chi connectivity index (χ1n) is 7.23. The second kappa shape index (κ2) is 8.41. The molecule has 2 aromatic heterocycles. The summed E-state index contributed by atoms with van der Waals surface area (Å²) in [4.78, 5) is 14.1. The zero-order chi connectivity index (χ0) is 15.8. The van der Waals surface area contributed by atoms with Crippen LogP contribution in [-0.2, 0) is 22.6 Å². The van der Waals surface area contributed by atoms with Crippen LogP contribution in [0.5, 0.6) is 0 Å². The van der Waals surface area contributed by atoms with Crippen LogP contribution in [0.4, 0.5) is 0 Å². The molecule has 2 rings (SSSR count). The molecule has 6 heteroatoms. The van der Waals surface area contributed by atoms with Crippen molar-refractivity contribution in [2.45, 2.75) is 26.1 Å². The van der Waals surface area contributed by atoms with Gasteiger partial charge in [-0.1, -0.05) is 0 Å². The van der Waals surface area contributed by atoms with Crippen molar-refractivity contribution < 1.29 is 18.4 Å². The van der Waals surface area contributed by atoms with E-state index in [1.54, 1.807) is 19.6 Å². The molecule has 0 aliphatic rings. The molecule has 0 aliphatic heterocycles. The maximum Gasteiger partial charge on any atom is 0.234 e. The molecule has 0 bridgehead atoms. The zero-order valence-electron chi connectivity index (χ0n) is 13.0. The van der Waals surface area contributed by atoms with Crippen molar-refractivity contribution in [3.8, 4) is 0 Å². The number of carbonyl (C=O) groups is 1. The van der Waals surface area contributed by atoms with Crippen molar-refractivity contribution in [2.75, 3.05) is 20.3 Å². The number of ether oxygens (including phenoxy) is 1. The molecule has 2 heterocycles. The Morgan fingerprint density at radius 2 is 1.82 bits per heavy atom. The molecule has 2 aromatic rings. The summed E-state index contributed by atoms with van der Waals surface area (Å²) in [5.41, 5.74) is 0. The van der Waals surface area contributed by atoms with Gasteiger partial charge in [0.1, 0.15) is 11.5 Å². The van der Waals surface area contributed by atoms with Crippen molar-refractivity contribution >= 4 is 5.91 Å². The van der Waals surface area contributed by atoms with Gasteiger partial charge < -0.3 is 18.9 Å². The van der Waals surface area contributed by atoms with Crippen molar-refractivity contribution in [1.29, 1.82) is 0 Å². The molecule has 0 aromatic carbocycles. The topological polar surface area (TPSA) is 67.8 Å². The third-order valence-corrected chi connectivity index (χ3v) is 3.11. The van der Waals surface area contributed by atoms with E-state index in [0.29, 0.717) is 19.7 Å². The Hall–Kier alpha value is -2.05. The van der Waals surface area contributed by atoms with Crippen LogP contribution in [0.15, 0.2) is 45.6 Å². The molecule has 1 N–H and O–H groups in total. The Morgan fingerprint density at radius 3 is 2.27 bits per heavy atom. The first-order chi connectivity index (χ1) is 10.7. The number of furan rings is 2. The number of rotatable bonds is 9. The second-order valence-corrected chi connectivity index (χ2v) is 5.23. The summed E-state index contributed by atoms with van der Waals surface area (Å²) < 4.78 is 15.7. The van der Waals surface area contributed by atoms with Gasteiger partial charge in [-0.3, -0.25) is 9.69 Å². The Labute approximate surface area is 130 Å². The predicted molar refractivity (Wildman–Crippen MR) is 81.0 cm³/mol. The number of amides is 1. The molecule has 0 aliphatic carbocycles. The lowest BCUT2D eigenvalue weighted by molar-refractivity contribution is -0.123. The van der Waals surface area contributed by atoms with E-state index in [0.717, 1.165) is 11.5 Å². The fourth-order valence-electron chi connectivity index (χ4n) is 2.23. The number of carbonyl (C=O) groups excluding carboxylic acids is 1. The van der Waals surface area contributed by atoms with Crippen molar-refractivity contribution in [2.24, 2.45) is 0 Å². The smallest absolute Gasteiger partial charge is 0.234 e. The summed E-state index contributed by atoms with van der Waals surface area (Å²) in [7, 11) is 1.61. The van der Waals surface area contributed by atoms with Crippen molar-refractivity contribution in [3.63, 3.8) is 0 Å². The van der Waals surface area contributed by atoms with Gasteiger partial charge in [0.05, 0.1) is 38.8 Å². The van der Waals surface area contributed by atoms with Crippen molar-refractivity contribution in [3.05, 3.63) is 48.3 Å². The van der Waals surface area contributed by atoms with Crippen LogP contribution in [0, 0.1) is 0 Å². The highest BCUT2D eigenvalue weighted by atomic mass is 16.5. The van der Waals surface area contributed by atoms with E-state index in [-0.39, 0.29) is 18.5 Å². The molecule has 1 amide bonds. The monoisotopic (exact) mass is 306 g/mol. The number of hydrogen-bond acceptors (Lipinski definition) is 5. The van der Waals surface area contributed by atoms with Crippen molar-refractivity contribution in [1.82, 2.24) is 10.2 Å². The maximum atomic E-state index is 12.1. The van der Waals surface area contributed by atoms with Gasteiger partial charge in [-0.15, -0.1) is 0 Å². The minimum atomic E-state index is -0.0531. The van der Waals surface area contributed by atoms with E-state index >= 15 is 0 Å². The minimum Gasteiger partial charge on any atom is -0.468 e. The van der Waals surface area contributed by atoms with Crippen LogP contribution in [0.3, 0.4) is 0 Å². The molecule has 0 saturated carbocycles. The summed E-state index contributed by atoms with van der Waals surface area (Å²) in [6.07, 6.45) is 3.25. The lowest BCUT2D eigenvalue weighted by Crippen LogP contribution is -2.42. The second-order valence-electron chi connectivity index (χ2n) is 5.23. The molecule has 1 unspecified atom stereocenters. The van der Waals surface area contributed by atoms with Crippen LogP contribution in [0.2, 0.25) is 0 Å². The average Bonchev–Trinajstić information content (AvgIpc) is 3.12. The Morgan fingerprint density at radius 1 is 1.23 bits per heavy atom. The highest BCUT2D eigenvalue weighted by Gasteiger charge is 2.16. The summed E-state index contributed by atoms with van der Waals surface area (Å²) >= 11 is 0. The Kier molecular flexibility index (Phi) is 6.24. The first-order valence-corrected chi connectivity index (χ1v) is 7.23. The van der Waals surface area contributed by atoms with Gasteiger partial charge in [-0.05, 0) is 31.2 Å². The summed E-state index contributed by atoms with van der Waals surface area (Å²) in [5, 5.41) is 2.90. The molecule has 0 saturated heterocycles. The molecule has 120 valence electrons. The fraction of sp³-hybridized carbons (Fsp3) is 0.438. The highest BCUT2D eigenvalue weighted by molar-refractivity contribution is 5.78. The van der Waals surface area contributed by atoms with Gasteiger partial charge in [0.15, 0.2) is 0 Å². The standard InChI is InChI=1S/C16H22N2O4/c1-13(12-20-2)17-16(19)11-18(9-14-5-3-7-21-14)10-15-6-4-8-22-15/h3-8,13H,9-12H2,1-2H3,(H,17,19). The van der Waals surface area contributed by atoms with E-state index < -0.39 is 0 Å². The Balaban J connectivity index is 1.93. The van der Waals surface area contributed by atoms with Gasteiger partial charge in [-0.2, -0.15) is 0 Å². The summed E-state index contributed by atoms with van der Waals surface area (Å²) in [6.45, 7) is 3.74. The minimum absolute atomic E-state index is 0.0217. The molecule has 22 heavy (non-hydrogen) atoms. The molecule has 0 fully saturated rings. The quantitative estimate of drug-likeness (QED) is 0.768.